The van der Waals surface area contributed by atoms with E-state index in [0.717, 1.165) is 6.42 Å². The molecule has 0 aliphatic carbocycles. The van der Waals surface area contributed by atoms with Crippen molar-refractivity contribution in [1.29, 1.82) is 0 Å². The summed E-state index contributed by atoms with van der Waals surface area (Å²) in [5.74, 6) is -0.422. The number of likely N-dealkylation sites (tertiary alicyclic amines) is 1. The van der Waals surface area contributed by atoms with E-state index in [9.17, 15) is 14.4 Å². The van der Waals surface area contributed by atoms with Crippen LogP contribution >= 0.6 is 11.3 Å². The molecule has 7 heteroatoms. The van der Waals surface area contributed by atoms with E-state index in [0.29, 0.717) is 29.2 Å². The number of hydrogen-bond donors (Lipinski definition) is 2. The number of hydrogen-bond acceptors (Lipinski definition) is 4. The Bertz CT molecular complexity index is 771. The van der Waals surface area contributed by atoms with Crippen molar-refractivity contribution in [2.24, 2.45) is 0 Å². The second-order valence-electron chi connectivity index (χ2n) is 5.88. The molecule has 130 valence electrons. The van der Waals surface area contributed by atoms with Crippen LogP contribution in [0, 0.1) is 0 Å². The van der Waals surface area contributed by atoms with E-state index in [2.05, 4.69) is 10.6 Å². The number of amides is 3. The molecular weight excluding hydrogens is 338 g/mol. The van der Waals surface area contributed by atoms with E-state index in [-0.39, 0.29) is 17.7 Å². The van der Waals surface area contributed by atoms with Crippen LogP contribution in [0.5, 0.6) is 0 Å². The van der Waals surface area contributed by atoms with Crippen LogP contribution in [0.15, 0.2) is 41.8 Å². The van der Waals surface area contributed by atoms with Crippen molar-refractivity contribution < 1.29 is 14.4 Å². The predicted molar refractivity (Wildman–Crippen MR) is 97.8 cm³/mol. The molecule has 1 aliphatic heterocycles. The third kappa shape index (κ3) is 4.06. The van der Waals surface area contributed by atoms with Crippen LogP contribution in [-0.2, 0) is 9.59 Å². The van der Waals surface area contributed by atoms with Gasteiger partial charge in [0.05, 0.1) is 4.88 Å². The Balaban J connectivity index is 1.65. The van der Waals surface area contributed by atoms with Crippen LogP contribution in [0.2, 0.25) is 0 Å². The molecule has 0 saturated carbocycles. The molecule has 2 aromatic rings. The summed E-state index contributed by atoms with van der Waals surface area (Å²) in [6.07, 6.45) is 1.48. The smallest absolute Gasteiger partial charge is 0.264 e. The Morgan fingerprint density at radius 1 is 1.08 bits per heavy atom. The second kappa shape index (κ2) is 7.48. The largest absolute Gasteiger partial charge is 0.326 e. The zero-order valence-corrected chi connectivity index (χ0v) is 14.6. The number of rotatable bonds is 4. The first-order chi connectivity index (χ1) is 12.0. The van der Waals surface area contributed by atoms with Gasteiger partial charge in [-0.2, -0.15) is 0 Å². The third-order valence-electron chi connectivity index (χ3n) is 4.02. The van der Waals surface area contributed by atoms with Gasteiger partial charge in [-0.05, 0) is 48.6 Å². The molecule has 1 aromatic heterocycles. The van der Waals surface area contributed by atoms with Gasteiger partial charge in [-0.15, -0.1) is 11.3 Å². The lowest BCUT2D eigenvalue weighted by Gasteiger charge is -2.23. The minimum atomic E-state index is -0.454. The fourth-order valence-electron chi connectivity index (χ4n) is 2.89. The topological polar surface area (TPSA) is 78.5 Å². The van der Waals surface area contributed by atoms with Crippen molar-refractivity contribution in [1.82, 2.24) is 4.90 Å². The zero-order chi connectivity index (χ0) is 17.8. The molecule has 1 aliphatic rings. The van der Waals surface area contributed by atoms with Gasteiger partial charge in [0.25, 0.3) is 5.91 Å². The van der Waals surface area contributed by atoms with Gasteiger partial charge >= 0.3 is 0 Å². The Hall–Kier alpha value is -2.67. The van der Waals surface area contributed by atoms with E-state index in [4.69, 9.17) is 0 Å². The highest BCUT2D eigenvalue weighted by atomic mass is 32.1. The molecule has 6 nitrogen and oxygen atoms in total. The van der Waals surface area contributed by atoms with Gasteiger partial charge in [0, 0.05) is 24.8 Å². The van der Waals surface area contributed by atoms with E-state index in [1.165, 1.54) is 18.3 Å². The lowest BCUT2D eigenvalue weighted by molar-refractivity contribution is -0.119. The average Bonchev–Trinajstić information content (AvgIpc) is 3.27. The first-order valence-corrected chi connectivity index (χ1v) is 8.95. The first-order valence-electron chi connectivity index (χ1n) is 8.07. The normalized spacial score (nSPS) is 16.5. The highest BCUT2D eigenvalue weighted by Gasteiger charge is 2.34. The SMILES string of the molecule is CC(=O)Nc1ccc(NC(=O)C2CCCN2C(=O)c2cccs2)cc1. The molecule has 1 unspecified atom stereocenters. The van der Waals surface area contributed by atoms with Crippen LogP contribution in [0.1, 0.15) is 29.4 Å². The summed E-state index contributed by atoms with van der Waals surface area (Å²) < 4.78 is 0. The molecule has 1 fully saturated rings. The van der Waals surface area contributed by atoms with Gasteiger partial charge in [0.2, 0.25) is 11.8 Å². The fourth-order valence-corrected chi connectivity index (χ4v) is 3.57. The van der Waals surface area contributed by atoms with Crippen molar-refractivity contribution in [2.75, 3.05) is 17.2 Å². The van der Waals surface area contributed by atoms with E-state index < -0.39 is 6.04 Å². The van der Waals surface area contributed by atoms with Gasteiger partial charge < -0.3 is 15.5 Å². The molecule has 2 N–H and O–H groups in total. The lowest BCUT2D eigenvalue weighted by atomic mass is 10.2. The minimum absolute atomic E-state index is 0.0892. The molecule has 2 heterocycles. The van der Waals surface area contributed by atoms with Gasteiger partial charge in [0.15, 0.2) is 0 Å². The summed E-state index contributed by atoms with van der Waals surface area (Å²) >= 11 is 1.38. The first kappa shape index (κ1) is 17.2. The molecule has 25 heavy (non-hydrogen) atoms. The van der Waals surface area contributed by atoms with Crippen molar-refractivity contribution in [3.63, 3.8) is 0 Å². The number of benzene rings is 1. The molecule has 1 aromatic carbocycles. The summed E-state index contributed by atoms with van der Waals surface area (Å²) in [4.78, 5) is 38.5. The van der Waals surface area contributed by atoms with Crippen LogP contribution in [-0.4, -0.2) is 35.2 Å². The monoisotopic (exact) mass is 357 g/mol. The molecule has 1 atom stereocenters. The molecule has 0 radical (unpaired) electrons. The summed E-state index contributed by atoms with van der Waals surface area (Å²) in [6, 6.07) is 10.1. The number of anilines is 2. The molecule has 3 rings (SSSR count). The van der Waals surface area contributed by atoms with Crippen molar-refractivity contribution in [2.45, 2.75) is 25.8 Å². The maximum atomic E-state index is 12.6. The Kier molecular flexibility index (Phi) is 5.14. The van der Waals surface area contributed by atoms with Crippen LogP contribution in [0.3, 0.4) is 0 Å². The van der Waals surface area contributed by atoms with E-state index in [1.807, 2.05) is 11.4 Å². The molecule has 0 spiro atoms. The highest BCUT2D eigenvalue weighted by molar-refractivity contribution is 7.12. The number of nitrogens with zero attached hydrogens (tertiary/aromatic N) is 1. The van der Waals surface area contributed by atoms with Crippen molar-refractivity contribution in [3.05, 3.63) is 46.7 Å². The quantitative estimate of drug-likeness (QED) is 0.883. The lowest BCUT2D eigenvalue weighted by Crippen LogP contribution is -2.42. The summed E-state index contributed by atoms with van der Waals surface area (Å²) in [7, 11) is 0. The van der Waals surface area contributed by atoms with Crippen molar-refractivity contribution >= 4 is 40.4 Å². The number of carbonyl (C=O) groups excluding carboxylic acids is 3. The molecule has 1 saturated heterocycles. The number of nitrogens with one attached hydrogen (secondary N) is 2. The van der Waals surface area contributed by atoms with Crippen molar-refractivity contribution in [3.8, 4) is 0 Å². The average molecular weight is 357 g/mol. The minimum Gasteiger partial charge on any atom is -0.326 e. The zero-order valence-electron chi connectivity index (χ0n) is 13.8. The van der Waals surface area contributed by atoms with Crippen LogP contribution in [0.25, 0.3) is 0 Å². The van der Waals surface area contributed by atoms with Gasteiger partial charge in [-0.3, -0.25) is 14.4 Å². The number of thiophene rings is 1. The molecular formula is C18H19N3O3S. The van der Waals surface area contributed by atoms with E-state index in [1.54, 1.807) is 35.2 Å². The number of carbonyl (C=O) groups is 3. The molecule has 3 amide bonds. The summed E-state index contributed by atoms with van der Waals surface area (Å²) in [5.41, 5.74) is 1.30. The van der Waals surface area contributed by atoms with E-state index >= 15 is 0 Å². The van der Waals surface area contributed by atoms with Crippen LogP contribution < -0.4 is 10.6 Å². The Morgan fingerprint density at radius 2 is 1.76 bits per heavy atom. The van der Waals surface area contributed by atoms with Crippen LogP contribution in [0.4, 0.5) is 11.4 Å². The maximum absolute atomic E-state index is 12.6. The Labute approximate surface area is 149 Å². The molecule has 0 bridgehead atoms. The Morgan fingerprint density at radius 3 is 2.36 bits per heavy atom. The predicted octanol–water partition coefficient (Wildman–Crippen LogP) is 2.95. The maximum Gasteiger partial charge on any atom is 0.264 e. The van der Waals surface area contributed by atoms with Gasteiger partial charge in [0.1, 0.15) is 6.04 Å². The third-order valence-corrected chi connectivity index (χ3v) is 4.88. The fraction of sp³-hybridized carbons (Fsp3) is 0.278. The van der Waals surface area contributed by atoms with Gasteiger partial charge in [-0.25, -0.2) is 0 Å². The summed E-state index contributed by atoms with van der Waals surface area (Å²) in [6.45, 7) is 2.03. The highest BCUT2D eigenvalue weighted by Crippen LogP contribution is 2.23. The summed E-state index contributed by atoms with van der Waals surface area (Å²) in [5, 5.41) is 7.38. The standard InChI is InChI=1S/C18H19N3O3S/c1-12(22)19-13-6-8-14(9-7-13)20-17(23)15-4-2-10-21(15)18(24)16-5-3-11-25-16/h3,5-9,11,15H,2,4,10H2,1H3,(H,19,22)(H,20,23). The second-order valence-corrected chi connectivity index (χ2v) is 6.83. The van der Waals surface area contributed by atoms with Gasteiger partial charge in [-0.1, -0.05) is 6.07 Å².